The molecule has 0 bridgehead atoms. The Hall–Kier alpha value is -0.840. The fraction of sp³-hybridized carbons (Fsp3) is 0.538. The summed E-state index contributed by atoms with van der Waals surface area (Å²) in [5, 5.41) is 13.9. The van der Waals surface area contributed by atoms with Crippen molar-refractivity contribution in [3.05, 3.63) is 28.3 Å². The monoisotopic (exact) mass is 272 g/mol. The highest BCUT2D eigenvalue weighted by atomic mass is 35.5. The average Bonchev–Trinajstić information content (AvgIpc) is 2.37. The molecule has 100 valence electrons. The number of aryl methyl sites for hydroxylation is 1. The molecular formula is C13H18ClFN2O. The minimum absolute atomic E-state index is 0.153. The van der Waals surface area contributed by atoms with E-state index in [2.05, 4.69) is 5.32 Å². The van der Waals surface area contributed by atoms with Gasteiger partial charge in [0.2, 0.25) is 0 Å². The lowest BCUT2D eigenvalue weighted by atomic mass is 10.0. The molecule has 1 heterocycles. The van der Waals surface area contributed by atoms with Crippen LogP contribution in [-0.2, 0) is 0 Å². The van der Waals surface area contributed by atoms with E-state index in [1.165, 1.54) is 0 Å². The highest BCUT2D eigenvalue weighted by Crippen LogP contribution is 2.34. The Morgan fingerprint density at radius 2 is 2.11 bits per heavy atom. The Labute approximate surface area is 112 Å². The Morgan fingerprint density at radius 1 is 1.44 bits per heavy atom. The maximum Gasteiger partial charge on any atom is 0.123 e. The van der Waals surface area contributed by atoms with Gasteiger partial charge in [-0.05, 0) is 24.6 Å². The number of rotatable bonds is 3. The first-order valence-corrected chi connectivity index (χ1v) is 6.51. The van der Waals surface area contributed by atoms with Gasteiger partial charge in [0.1, 0.15) is 12.4 Å². The van der Waals surface area contributed by atoms with Crippen LogP contribution in [0.1, 0.15) is 17.2 Å². The number of phenolic OH excluding ortho intramolecular Hbond substituents is 1. The second-order valence-corrected chi connectivity index (χ2v) is 5.05. The second-order valence-electron chi connectivity index (χ2n) is 4.62. The molecule has 1 aromatic rings. The van der Waals surface area contributed by atoms with E-state index in [-0.39, 0.29) is 5.75 Å². The Balaban J connectivity index is 2.31. The quantitative estimate of drug-likeness (QED) is 0.886. The van der Waals surface area contributed by atoms with Crippen LogP contribution in [-0.4, -0.2) is 42.9 Å². The number of halogens is 2. The summed E-state index contributed by atoms with van der Waals surface area (Å²) < 4.78 is 13.4. The van der Waals surface area contributed by atoms with Gasteiger partial charge in [-0.15, -0.1) is 0 Å². The molecule has 1 saturated heterocycles. The highest BCUT2D eigenvalue weighted by molar-refractivity contribution is 6.30. The van der Waals surface area contributed by atoms with Crippen LogP contribution in [0.5, 0.6) is 5.75 Å². The first kappa shape index (κ1) is 13.6. The van der Waals surface area contributed by atoms with Crippen molar-refractivity contribution in [3.8, 4) is 5.75 Å². The van der Waals surface area contributed by atoms with E-state index in [0.29, 0.717) is 16.1 Å². The van der Waals surface area contributed by atoms with Crippen LogP contribution in [0, 0.1) is 6.92 Å². The first-order chi connectivity index (χ1) is 8.63. The second kappa shape index (κ2) is 5.87. The van der Waals surface area contributed by atoms with Crippen LogP contribution in [0.2, 0.25) is 5.02 Å². The fourth-order valence-electron chi connectivity index (χ4n) is 2.39. The molecule has 3 nitrogen and oxygen atoms in total. The summed E-state index contributed by atoms with van der Waals surface area (Å²) in [5.74, 6) is 0.153. The van der Waals surface area contributed by atoms with E-state index in [9.17, 15) is 9.50 Å². The molecule has 0 spiro atoms. The first-order valence-electron chi connectivity index (χ1n) is 6.13. The Morgan fingerprint density at radius 3 is 2.72 bits per heavy atom. The summed E-state index contributed by atoms with van der Waals surface area (Å²) in [5.41, 5.74) is 1.27. The van der Waals surface area contributed by atoms with Crippen molar-refractivity contribution in [2.75, 3.05) is 32.9 Å². The van der Waals surface area contributed by atoms with E-state index in [0.717, 1.165) is 26.2 Å². The van der Waals surface area contributed by atoms with Crippen LogP contribution < -0.4 is 5.32 Å². The largest absolute Gasteiger partial charge is 0.507 e. The minimum atomic E-state index is -0.520. The normalized spacial score (nSPS) is 18.8. The third kappa shape index (κ3) is 2.76. The molecule has 1 aromatic carbocycles. The molecular weight excluding hydrogens is 255 g/mol. The van der Waals surface area contributed by atoms with Gasteiger partial charge in [-0.3, -0.25) is 4.90 Å². The van der Waals surface area contributed by atoms with Crippen molar-refractivity contribution in [2.45, 2.75) is 13.0 Å². The molecule has 0 amide bonds. The van der Waals surface area contributed by atoms with Crippen molar-refractivity contribution in [3.63, 3.8) is 0 Å². The predicted octanol–water partition coefficient (Wildman–Crippen LogP) is 2.27. The highest BCUT2D eigenvalue weighted by Gasteiger charge is 2.25. The maximum atomic E-state index is 13.4. The molecule has 1 fully saturated rings. The molecule has 1 atom stereocenters. The van der Waals surface area contributed by atoms with Crippen LogP contribution in [0.25, 0.3) is 0 Å². The van der Waals surface area contributed by atoms with E-state index < -0.39 is 12.7 Å². The molecule has 0 aromatic heterocycles. The third-order valence-corrected chi connectivity index (χ3v) is 3.61. The van der Waals surface area contributed by atoms with Crippen molar-refractivity contribution in [1.29, 1.82) is 0 Å². The van der Waals surface area contributed by atoms with E-state index in [4.69, 9.17) is 11.6 Å². The molecule has 0 radical (unpaired) electrons. The number of hydrogen-bond donors (Lipinski definition) is 2. The van der Waals surface area contributed by atoms with Gasteiger partial charge < -0.3 is 10.4 Å². The molecule has 18 heavy (non-hydrogen) atoms. The van der Waals surface area contributed by atoms with Crippen LogP contribution >= 0.6 is 11.6 Å². The molecule has 5 heteroatoms. The van der Waals surface area contributed by atoms with Crippen LogP contribution in [0.15, 0.2) is 12.1 Å². The predicted molar refractivity (Wildman–Crippen MR) is 71.0 cm³/mol. The summed E-state index contributed by atoms with van der Waals surface area (Å²) in [6, 6.07) is 2.94. The summed E-state index contributed by atoms with van der Waals surface area (Å²) in [4.78, 5) is 2.04. The maximum absolute atomic E-state index is 13.4. The lowest BCUT2D eigenvalue weighted by molar-refractivity contribution is 0.145. The number of benzene rings is 1. The van der Waals surface area contributed by atoms with E-state index in [1.54, 1.807) is 19.1 Å². The number of aromatic hydroxyl groups is 1. The Bertz CT molecular complexity index is 422. The van der Waals surface area contributed by atoms with E-state index >= 15 is 0 Å². The zero-order chi connectivity index (χ0) is 13.1. The molecule has 1 aliphatic heterocycles. The summed E-state index contributed by atoms with van der Waals surface area (Å²) >= 11 is 6.00. The van der Waals surface area contributed by atoms with Gasteiger partial charge in [-0.25, -0.2) is 4.39 Å². The summed E-state index contributed by atoms with van der Waals surface area (Å²) in [7, 11) is 0. The zero-order valence-corrected chi connectivity index (χ0v) is 11.2. The van der Waals surface area contributed by atoms with Gasteiger partial charge in [0.05, 0.1) is 6.04 Å². The number of alkyl halides is 1. The van der Waals surface area contributed by atoms with Gasteiger partial charge >= 0.3 is 0 Å². The van der Waals surface area contributed by atoms with Crippen molar-refractivity contribution in [2.24, 2.45) is 0 Å². The topological polar surface area (TPSA) is 35.5 Å². The van der Waals surface area contributed by atoms with Crippen LogP contribution in [0.4, 0.5) is 4.39 Å². The van der Waals surface area contributed by atoms with Crippen molar-refractivity contribution < 1.29 is 9.50 Å². The molecule has 0 unspecified atom stereocenters. The van der Waals surface area contributed by atoms with Crippen LogP contribution in [0.3, 0.4) is 0 Å². The molecule has 0 aliphatic carbocycles. The number of phenols is 1. The minimum Gasteiger partial charge on any atom is -0.507 e. The number of hydrogen-bond acceptors (Lipinski definition) is 3. The standard InChI is InChI=1S/C13H18ClFN2O/c1-9-6-10(14)7-11(13(9)18)12(8-15)17-4-2-16-3-5-17/h6-7,12,16,18H,2-5,8H2,1H3/t12-/m1/s1. The van der Waals surface area contributed by atoms with E-state index in [1.807, 2.05) is 4.90 Å². The number of piperazine rings is 1. The fourth-order valence-corrected chi connectivity index (χ4v) is 2.67. The van der Waals surface area contributed by atoms with Gasteiger partial charge in [0.25, 0.3) is 0 Å². The van der Waals surface area contributed by atoms with Gasteiger partial charge in [0, 0.05) is 36.8 Å². The van der Waals surface area contributed by atoms with Crippen molar-refractivity contribution in [1.82, 2.24) is 10.2 Å². The number of nitrogens with zero attached hydrogens (tertiary/aromatic N) is 1. The molecule has 1 aliphatic rings. The average molecular weight is 273 g/mol. The molecule has 2 N–H and O–H groups in total. The zero-order valence-electron chi connectivity index (χ0n) is 10.4. The third-order valence-electron chi connectivity index (χ3n) is 3.39. The SMILES string of the molecule is Cc1cc(Cl)cc([C@@H](CF)N2CCNCC2)c1O. The number of nitrogens with one attached hydrogen (secondary N) is 1. The van der Waals surface area contributed by atoms with Gasteiger partial charge in [-0.2, -0.15) is 0 Å². The molecule has 0 saturated carbocycles. The molecule has 2 rings (SSSR count). The van der Waals surface area contributed by atoms with Gasteiger partial charge in [-0.1, -0.05) is 11.6 Å². The Kier molecular flexibility index (Phi) is 4.43. The van der Waals surface area contributed by atoms with Gasteiger partial charge in [0.15, 0.2) is 0 Å². The summed E-state index contributed by atoms with van der Waals surface area (Å²) in [6.07, 6.45) is 0. The lowest BCUT2D eigenvalue weighted by Crippen LogP contribution is -2.45. The lowest BCUT2D eigenvalue weighted by Gasteiger charge is -2.34. The smallest absolute Gasteiger partial charge is 0.123 e. The summed E-state index contributed by atoms with van der Waals surface area (Å²) in [6.45, 7) is 4.50. The van der Waals surface area contributed by atoms with Crippen molar-refractivity contribution >= 4 is 11.6 Å².